The maximum atomic E-state index is 13.1. The van der Waals surface area contributed by atoms with Gasteiger partial charge in [0, 0.05) is 6.42 Å². The molecule has 6 nitrogen and oxygen atoms in total. The molecule has 0 saturated heterocycles. The van der Waals surface area contributed by atoms with E-state index in [2.05, 4.69) is 38.2 Å². The Kier molecular flexibility index (Phi) is 42.6. The van der Waals surface area contributed by atoms with E-state index in [0.717, 1.165) is 51.4 Å². The monoisotopic (exact) mass is 778 g/mol. The van der Waals surface area contributed by atoms with Crippen LogP contribution in [0.3, 0.4) is 0 Å². The molecule has 0 aromatic rings. The molecule has 0 aromatic heterocycles. The normalized spacial score (nSPS) is 13.3. The molecule has 3 N–H and O–H groups in total. The van der Waals surface area contributed by atoms with E-state index in [-0.39, 0.29) is 24.9 Å². The van der Waals surface area contributed by atoms with E-state index in [0.29, 0.717) is 19.3 Å². The van der Waals surface area contributed by atoms with Crippen LogP contribution in [0, 0.1) is 0 Å². The second kappa shape index (κ2) is 43.7. The number of unbranched alkanes of at least 4 members (excludes halogenated alkanes) is 30. The van der Waals surface area contributed by atoms with Crippen molar-refractivity contribution in [3.63, 3.8) is 0 Å². The molecule has 0 aromatic carbocycles. The third kappa shape index (κ3) is 39.2. The molecular formula is C49H95NO5. The number of carbonyl (C=O) groups excluding carboxylic acids is 2. The second-order valence-corrected chi connectivity index (χ2v) is 16.9. The first-order valence-corrected chi connectivity index (χ1v) is 24.4. The highest BCUT2D eigenvalue weighted by molar-refractivity contribution is 5.77. The molecule has 55 heavy (non-hydrogen) atoms. The third-order valence-electron chi connectivity index (χ3n) is 11.3. The largest absolute Gasteiger partial charge is 0.462 e. The van der Waals surface area contributed by atoms with E-state index < -0.39 is 18.2 Å². The van der Waals surface area contributed by atoms with Crippen molar-refractivity contribution < 1.29 is 24.5 Å². The molecule has 0 spiro atoms. The van der Waals surface area contributed by atoms with Gasteiger partial charge in [-0.2, -0.15) is 0 Å². The quantitative estimate of drug-likeness (QED) is 0.0325. The minimum atomic E-state index is -0.787. The number of amides is 1. The molecule has 1 amide bonds. The average molecular weight is 778 g/mol. The maximum Gasteiger partial charge on any atom is 0.306 e. The Hall–Kier alpha value is -1.40. The molecule has 3 atom stereocenters. The van der Waals surface area contributed by atoms with Gasteiger partial charge in [0.2, 0.25) is 5.91 Å². The van der Waals surface area contributed by atoms with Crippen LogP contribution < -0.4 is 5.32 Å². The number of aliphatic hydroxyl groups is 2. The molecule has 0 radical (unpaired) electrons. The van der Waals surface area contributed by atoms with Crippen LogP contribution in [0.25, 0.3) is 0 Å². The fraction of sp³-hybridized carbons (Fsp3) is 0.918. The van der Waals surface area contributed by atoms with Crippen LogP contribution in [-0.2, 0) is 14.3 Å². The Morgan fingerprint density at radius 3 is 1.33 bits per heavy atom. The van der Waals surface area contributed by atoms with E-state index in [4.69, 9.17) is 4.74 Å². The van der Waals surface area contributed by atoms with Crippen molar-refractivity contribution in [2.24, 2.45) is 0 Å². The Balaban J connectivity index is 4.46. The molecule has 0 aliphatic rings. The summed E-state index contributed by atoms with van der Waals surface area (Å²) in [6.45, 7) is 6.46. The first-order chi connectivity index (χ1) is 27.0. The molecule has 0 heterocycles. The smallest absolute Gasteiger partial charge is 0.306 e. The van der Waals surface area contributed by atoms with Crippen molar-refractivity contribution >= 4 is 11.9 Å². The summed E-state index contributed by atoms with van der Waals surface area (Å²) in [5.74, 6) is -0.494. The summed E-state index contributed by atoms with van der Waals surface area (Å²) in [7, 11) is 0. The fourth-order valence-corrected chi connectivity index (χ4v) is 7.61. The molecule has 6 heteroatoms. The summed E-state index contributed by atoms with van der Waals surface area (Å²) >= 11 is 0. The molecule has 326 valence electrons. The van der Waals surface area contributed by atoms with Crippen molar-refractivity contribution in [2.45, 2.75) is 283 Å². The SMILES string of the molecule is CCCCCCCC/C=C\CCCC(CC(=O)NC(CO)C(O)CCCCCCCCCCCCCCCCCC)OC(=O)CCCCCCCCCCC. The van der Waals surface area contributed by atoms with Gasteiger partial charge in [-0.05, 0) is 44.9 Å². The summed E-state index contributed by atoms with van der Waals surface area (Å²) in [5.41, 5.74) is 0. The van der Waals surface area contributed by atoms with Gasteiger partial charge in [-0.15, -0.1) is 0 Å². The van der Waals surface area contributed by atoms with Gasteiger partial charge in [0.1, 0.15) is 6.10 Å². The van der Waals surface area contributed by atoms with Gasteiger partial charge in [0.25, 0.3) is 0 Å². The number of hydrogen-bond acceptors (Lipinski definition) is 5. The van der Waals surface area contributed by atoms with E-state index >= 15 is 0 Å². The van der Waals surface area contributed by atoms with Crippen LogP contribution in [0.4, 0.5) is 0 Å². The van der Waals surface area contributed by atoms with Crippen LogP contribution in [0.5, 0.6) is 0 Å². The van der Waals surface area contributed by atoms with Crippen LogP contribution in [-0.4, -0.2) is 46.9 Å². The molecule has 0 aliphatic heterocycles. The summed E-state index contributed by atoms with van der Waals surface area (Å²) in [4.78, 5) is 25.9. The number of hydrogen-bond donors (Lipinski definition) is 3. The van der Waals surface area contributed by atoms with Gasteiger partial charge in [-0.3, -0.25) is 9.59 Å². The van der Waals surface area contributed by atoms with Crippen molar-refractivity contribution in [3.8, 4) is 0 Å². The predicted molar refractivity (Wildman–Crippen MR) is 237 cm³/mol. The summed E-state index contributed by atoms with van der Waals surface area (Å²) in [5, 5.41) is 23.7. The number of allylic oxidation sites excluding steroid dienone is 2. The first kappa shape index (κ1) is 53.6. The highest BCUT2D eigenvalue weighted by Gasteiger charge is 2.24. The molecular weight excluding hydrogens is 683 g/mol. The van der Waals surface area contributed by atoms with Crippen molar-refractivity contribution in [1.29, 1.82) is 0 Å². The molecule has 0 aliphatic carbocycles. The van der Waals surface area contributed by atoms with E-state index in [9.17, 15) is 19.8 Å². The van der Waals surface area contributed by atoms with E-state index in [1.807, 2.05) is 0 Å². The number of rotatable bonds is 44. The number of aliphatic hydroxyl groups excluding tert-OH is 2. The number of carbonyl (C=O) groups is 2. The van der Waals surface area contributed by atoms with Crippen LogP contribution in [0.1, 0.15) is 265 Å². The van der Waals surface area contributed by atoms with Gasteiger partial charge in [-0.1, -0.05) is 219 Å². The zero-order valence-electron chi connectivity index (χ0n) is 37.1. The highest BCUT2D eigenvalue weighted by atomic mass is 16.5. The summed E-state index contributed by atoms with van der Waals surface area (Å²) in [6, 6.07) is -0.702. The minimum Gasteiger partial charge on any atom is -0.462 e. The molecule has 3 unspecified atom stereocenters. The third-order valence-corrected chi connectivity index (χ3v) is 11.3. The Labute approximate surface area is 342 Å². The highest BCUT2D eigenvalue weighted by Crippen LogP contribution is 2.17. The summed E-state index contributed by atoms with van der Waals surface area (Å²) in [6.07, 6.45) is 47.1. The van der Waals surface area contributed by atoms with Gasteiger partial charge < -0.3 is 20.3 Å². The van der Waals surface area contributed by atoms with Gasteiger partial charge in [0.05, 0.1) is 25.2 Å². The average Bonchev–Trinajstić information content (AvgIpc) is 3.18. The lowest BCUT2D eigenvalue weighted by molar-refractivity contribution is -0.151. The van der Waals surface area contributed by atoms with Crippen molar-refractivity contribution in [1.82, 2.24) is 5.32 Å². The lowest BCUT2D eigenvalue weighted by Gasteiger charge is -2.24. The molecule has 0 fully saturated rings. The van der Waals surface area contributed by atoms with Crippen molar-refractivity contribution in [2.75, 3.05) is 6.61 Å². The molecule has 0 saturated carbocycles. The second-order valence-electron chi connectivity index (χ2n) is 16.9. The lowest BCUT2D eigenvalue weighted by atomic mass is 10.0. The lowest BCUT2D eigenvalue weighted by Crippen LogP contribution is -2.46. The number of ether oxygens (including phenoxy) is 1. The van der Waals surface area contributed by atoms with Crippen molar-refractivity contribution in [3.05, 3.63) is 12.2 Å². The predicted octanol–water partition coefficient (Wildman–Crippen LogP) is 14.2. The summed E-state index contributed by atoms with van der Waals surface area (Å²) < 4.78 is 5.88. The van der Waals surface area contributed by atoms with Gasteiger partial charge in [0.15, 0.2) is 0 Å². The standard InChI is InChI=1S/C49H95NO5/c1-4-7-10-13-16-19-21-22-23-24-25-27-30-32-35-38-41-47(52)46(44-51)50-48(53)43-45(40-37-34-31-29-26-20-17-14-11-8-5-2)55-49(54)42-39-36-33-28-18-15-12-9-6-3/h29,31,45-47,51-52H,4-28,30,32-44H2,1-3H3,(H,50,53)/b31-29-. The van der Waals surface area contributed by atoms with E-state index in [1.165, 1.54) is 167 Å². The fourth-order valence-electron chi connectivity index (χ4n) is 7.61. The minimum absolute atomic E-state index is 0.0627. The van der Waals surface area contributed by atoms with Crippen LogP contribution in [0.15, 0.2) is 12.2 Å². The Morgan fingerprint density at radius 1 is 0.509 bits per heavy atom. The van der Waals surface area contributed by atoms with Crippen LogP contribution in [0.2, 0.25) is 0 Å². The van der Waals surface area contributed by atoms with E-state index in [1.54, 1.807) is 0 Å². The zero-order valence-corrected chi connectivity index (χ0v) is 37.1. The molecule has 0 bridgehead atoms. The van der Waals surface area contributed by atoms with Crippen LogP contribution >= 0.6 is 0 Å². The Bertz CT molecular complexity index is 832. The first-order valence-electron chi connectivity index (χ1n) is 24.4. The number of nitrogens with one attached hydrogen (secondary N) is 1. The maximum absolute atomic E-state index is 13.1. The number of esters is 1. The topological polar surface area (TPSA) is 95.9 Å². The van der Waals surface area contributed by atoms with Gasteiger partial charge >= 0.3 is 5.97 Å². The van der Waals surface area contributed by atoms with Gasteiger partial charge in [-0.25, -0.2) is 0 Å². The Morgan fingerprint density at radius 2 is 0.891 bits per heavy atom. The molecule has 0 rings (SSSR count). The zero-order chi connectivity index (χ0) is 40.3.